The Bertz CT molecular complexity index is 794. The molecule has 3 rings (SSSR count). The SMILES string of the molecule is CC(C)Cn1c(=O)n(C)c(=O)c2[nH]c(N3CCNCC3)nc21. The summed E-state index contributed by atoms with van der Waals surface area (Å²) in [6.07, 6.45) is 0. The molecule has 2 aromatic heterocycles. The molecule has 0 saturated carbocycles. The number of anilines is 1. The van der Waals surface area contributed by atoms with E-state index in [9.17, 15) is 9.59 Å². The molecule has 0 unspecified atom stereocenters. The standard InChI is InChI=1S/C14H22N6O2/c1-9(2)8-20-11-10(12(21)18(3)14(20)22)16-13(17-11)19-6-4-15-5-7-19/h9,15H,4-8H2,1-3H3,(H,16,17). The van der Waals surface area contributed by atoms with E-state index in [2.05, 4.69) is 20.2 Å². The summed E-state index contributed by atoms with van der Waals surface area (Å²) in [5.41, 5.74) is 0.213. The van der Waals surface area contributed by atoms with Gasteiger partial charge in [0.15, 0.2) is 11.2 Å². The van der Waals surface area contributed by atoms with Crippen LogP contribution in [-0.4, -0.2) is 45.3 Å². The second-order valence-corrected chi connectivity index (χ2v) is 6.15. The maximum atomic E-state index is 12.4. The van der Waals surface area contributed by atoms with E-state index in [0.717, 1.165) is 30.7 Å². The van der Waals surface area contributed by atoms with E-state index in [4.69, 9.17) is 0 Å². The monoisotopic (exact) mass is 306 g/mol. The summed E-state index contributed by atoms with van der Waals surface area (Å²) in [6, 6.07) is 0. The number of imidazole rings is 1. The molecule has 1 aliphatic rings. The number of rotatable bonds is 3. The summed E-state index contributed by atoms with van der Waals surface area (Å²) in [5.74, 6) is 0.953. The van der Waals surface area contributed by atoms with Gasteiger partial charge >= 0.3 is 5.69 Å². The van der Waals surface area contributed by atoms with Crippen molar-refractivity contribution in [2.24, 2.45) is 13.0 Å². The van der Waals surface area contributed by atoms with Crippen molar-refractivity contribution in [3.8, 4) is 0 Å². The van der Waals surface area contributed by atoms with Gasteiger partial charge in [-0.05, 0) is 5.92 Å². The second-order valence-electron chi connectivity index (χ2n) is 6.15. The van der Waals surface area contributed by atoms with Crippen LogP contribution in [0.2, 0.25) is 0 Å². The molecular formula is C14H22N6O2. The predicted molar refractivity (Wildman–Crippen MR) is 85.5 cm³/mol. The molecule has 1 saturated heterocycles. The fourth-order valence-electron chi connectivity index (χ4n) is 2.78. The highest BCUT2D eigenvalue weighted by molar-refractivity contribution is 5.73. The van der Waals surface area contributed by atoms with Crippen LogP contribution in [0.15, 0.2) is 9.59 Å². The Morgan fingerprint density at radius 3 is 2.55 bits per heavy atom. The van der Waals surface area contributed by atoms with Gasteiger partial charge in [-0.25, -0.2) is 4.79 Å². The Hall–Kier alpha value is -2.09. The lowest BCUT2D eigenvalue weighted by molar-refractivity contribution is 0.500. The van der Waals surface area contributed by atoms with E-state index >= 15 is 0 Å². The van der Waals surface area contributed by atoms with Crippen LogP contribution >= 0.6 is 0 Å². The Kier molecular flexibility index (Phi) is 3.78. The van der Waals surface area contributed by atoms with E-state index in [0.29, 0.717) is 23.7 Å². The van der Waals surface area contributed by atoms with E-state index in [-0.39, 0.29) is 17.2 Å². The third-order valence-electron chi connectivity index (χ3n) is 3.93. The minimum absolute atomic E-state index is 0.290. The minimum atomic E-state index is -0.325. The van der Waals surface area contributed by atoms with Gasteiger partial charge in [0.25, 0.3) is 5.56 Å². The number of hydrogen-bond donors (Lipinski definition) is 2. The topological polar surface area (TPSA) is 88.0 Å². The molecule has 0 spiro atoms. The number of H-pyrrole nitrogens is 1. The van der Waals surface area contributed by atoms with E-state index in [1.807, 2.05) is 13.8 Å². The summed E-state index contributed by atoms with van der Waals surface area (Å²) in [5, 5.41) is 3.28. The van der Waals surface area contributed by atoms with Gasteiger partial charge < -0.3 is 15.2 Å². The van der Waals surface area contributed by atoms with Crippen molar-refractivity contribution in [1.82, 2.24) is 24.4 Å². The molecule has 0 aliphatic carbocycles. The molecule has 8 heteroatoms. The Labute approximate surface area is 127 Å². The van der Waals surface area contributed by atoms with Crippen LogP contribution < -0.4 is 21.5 Å². The maximum absolute atomic E-state index is 12.4. The maximum Gasteiger partial charge on any atom is 0.332 e. The van der Waals surface area contributed by atoms with Crippen molar-refractivity contribution in [3.63, 3.8) is 0 Å². The largest absolute Gasteiger partial charge is 0.340 e. The van der Waals surface area contributed by atoms with Crippen molar-refractivity contribution in [2.75, 3.05) is 31.1 Å². The Balaban J connectivity index is 2.18. The third kappa shape index (κ3) is 2.43. The van der Waals surface area contributed by atoms with Gasteiger partial charge in [0.2, 0.25) is 5.95 Å². The van der Waals surface area contributed by atoms with Crippen LogP contribution in [0.25, 0.3) is 11.2 Å². The van der Waals surface area contributed by atoms with Gasteiger partial charge in [0.05, 0.1) is 0 Å². The highest BCUT2D eigenvalue weighted by Crippen LogP contribution is 2.15. The number of fused-ring (bicyclic) bond motifs is 1. The highest BCUT2D eigenvalue weighted by Gasteiger charge is 2.20. The Morgan fingerprint density at radius 1 is 1.23 bits per heavy atom. The molecular weight excluding hydrogens is 284 g/mol. The number of aromatic amines is 1. The van der Waals surface area contributed by atoms with Crippen LogP contribution in [0.5, 0.6) is 0 Å². The number of piperazine rings is 1. The molecule has 0 aromatic carbocycles. The van der Waals surface area contributed by atoms with Crippen molar-refractivity contribution in [3.05, 3.63) is 20.8 Å². The predicted octanol–water partition coefficient (Wildman–Crippen LogP) is -0.511. The molecule has 3 heterocycles. The number of nitrogens with one attached hydrogen (secondary N) is 2. The zero-order chi connectivity index (χ0) is 15.9. The highest BCUT2D eigenvalue weighted by atomic mass is 16.2. The summed E-state index contributed by atoms with van der Waals surface area (Å²) >= 11 is 0. The van der Waals surface area contributed by atoms with E-state index in [1.165, 1.54) is 7.05 Å². The zero-order valence-corrected chi connectivity index (χ0v) is 13.2. The van der Waals surface area contributed by atoms with Crippen molar-refractivity contribution in [1.29, 1.82) is 0 Å². The minimum Gasteiger partial charge on any atom is -0.340 e. The first-order valence-corrected chi connectivity index (χ1v) is 7.64. The molecule has 120 valence electrons. The fourth-order valence-corrected chi connectivity index (χ4v) is 2.78. The first kappa shape index (κ1) is 14.8. The van der Waals surface area contributed by atoms with Crippen LogP contribution in [0, 0.1) is 5.92 Å². The average Bonchev–Trinajstić information content (AvgIpc) is 2.95. The van der Waals surface area contributed by atoms with Crippen LogP contribution in [-0.2, 0) is 13.6 Å². The normalized spacial score (nSPS) is 15.9. The molecule has 22 heavy (non-hydrogen) atoms. The molecule has 0 atom stereocenters. The number of hydrogen-bond acceptors (Lipinski definition) is 5. The fraction of sp³-hybridized carbons (Fsp3) is 0.643. The molecule has 1 aliphatic heterocycles. The van der Waals surface area contributed by atoms with Crippen LogP contribution in [0.4, 0.5) is 5.95 Å². The van der Waals surface area contributed by atoms with Gasteiger partial charge in [-0.2, -0.15) is 4.98 Å². The Morgan fingerprint density at radius 2 is 1.91 bits per heavy atom. The molecule has 2 aromatic rings. The second kappa shape index (κ2) is 5.60. The molecule has 2 N–H and O–H groups in total. The lowest BCUT2D eigenvalue weighted by Crippen LogP contribution is -2.44. The first-order chi connectivity index (χ1) is 10.5. The molecule has 0 bridgehead atoms. The van der Waals surface area contributed by atoms with Gasteiger partial charge in [-0.3, -0.25) is 13.9 Å². The summed E-state index contributed by atoms with van der Waals surface area (Å²) < 4.78 is 2.73. The molecule has 0 amide bonds. The van der Waals surface area contributed by atoms with Crippen molar-refractivity contribution in [2.45, 2.75) is 20.4 Å². The lowest BCUT2D eigenvalue weighted by atomic mass is 10.2. The molecule has 0 radical (unpaired) electrons. The van der Waals surface area contributed by atoms with Crippen molar-refractivity contribution >= 4 is 17.1 Å². The van der Waals surface area contributed by atoms with Gasteiger partial charge in [0, 0.05) is 39.8 Å². The summed E-state index contributed by atoms with van der Waals surface area (Å²) in [4.78, 5) is 34.5. The van der Waals surface area contributed by atoms with Gasteiger partial charge in [-0.1, -0.05) is 13.8 Å². The smallest absolute Gasteiger partial charge is 0.332 e. The number of nitrogens with zero attached hydrogens (tertiary/aromatic N) is 4. The van der Waals surface area contributed by atoms with E-state index in [1.54, 1.807) is 4.57 Å². The molecule has 8 nitrogen and oxygen atoms in total. The quantitative estimate of drug-likeness (QED) is 0.797. The van der Waals surface area contributed by atoms with Gasteiger partial charge in [-0.15, -0.1) is 0 Å². The van der Waals surface area contributed by atoms with Crippen molar-refractivity contribution < 1.29 is 0 Å². The van der Waals surface area contributed by atoms with Crippen LogP contribution in [0.3, 0.4) is 0 Å². The first-order valence-electron chi connectivity index (χ1n) is 7.64. The third-order valence-corrected chi connectivity index (χ3v) is 3.93. The van der Waals surface area contributed by atoms with Crippen LogP contribution in [0.1, 0.15) is 13.8 Å². The van der Waals surface area contributed by atoms with E-state index < -0.39 is 0 Å². The lowest BCUT2D eigenvalue weighted by Gasteiger charge is -2.26. The summed E-state index contributed by atoms with van der Waals surface area (Å²) in [7, 11) is 1.51. The summed E-state index contributed by atoms with van der Waals surface area (Å²) in [6.45, 7) is 8.03. The van der Waals surface area contributed by atoms with Gasteiger partial charge in [0.1, 0.15) is 0 Å². The number of aromatic nitrogens is 4. The zero-order valence-electron chi connectivity index (χ0n) is 13.2. The molecule has 1 fully saturated rings. The average molecular weight is 306 g/mol.